The number of nitrogens with one attached hydrogen (secondary N) is 1. The first-order chi connectivity index (χ1) is 13.7. The van der Waals surface area contributed by atoms with Crippen LogP contribution in [0.15, 0.2) is 65.7 Å². The zero-order valence-corrected chi connectivity index (χ0v) is 16.9. The molecule has 7 heteroatoms. The Kier molecular flexibility index (Phi) is 5.64. The number of aromatic nitrogens is 3. The standard InChI is InChI=1S/C21H18N4OS2/c1-2-14-7-9-15(10-8-14)16-11-12-20(25-24-16)27-13-19(26)23-21-22-17-5-3-4-6-18(17)28-21/h3-12H,2,13H2,1H3,(H,22,23,26). The van der Waals surface area contributed by atoms with Gasteiger partial charge in [-0.1, -0.05) is 66.4 Å². The SMILES string of the molecule is CCc1ccc(-c2ccc(SCC(=O)Nc3nc4ccccc4s3)nn2)cc1. The molecule has 0 saturated carbocycles. The van der Waals surface area contributed by atoms with E-state index in [1.54, 1.807) is 0 Å². The van der Waals surface area contributed by atoms with Crippen LogP contribution in [-0.2, 0) is 11.2 Å². The molecule has 0 aliphatic heterocycles. The van der Waals surface area contributed by atoms with Gasteiger partial charge in [-0.2, -0.15) is 0 Å². The third-order valence-electron chi connectivity index (χ3n) is 4.19. The number of amides is 1. The van der Waals surface area contributed by atoms with Crippen molar-refractivity contribution >= 4 is 44.4 Å². The summed E-state index contributed by atoms with van der Waals surface area (Å²) in [6.07, 6.45) is 1.01. The van der Waals surface area contributed by atoms with Crippen LogP contribution in [0.5, 0.6) is 0 Å². The molecule has 0 radical (unpaired) electrons. The smallest absolute Gasteiger partial charge is 0.236 e. The molecule has 2 aromatic carbocycles. The second kappa shape index (κ2) is 8.50. The van der Waals surface area contributed by atoms with Gasteiger partial charge >= 0.3 is 0 Å². The molecule has 0 spiro atoms. The molecule has 1 N–H and O–H groups in total. The molecule has 2 aromatic heterocycles. The van der Waals surface area contributed by atoms with Crippen molar-refractivity contribution in [1.82, 2.24) is 15.2 Å². The number of fused-ring (bicyclic) bond motifs is 1. The van der Waals surface area contributed by atoms with Gasteiger partial charge in [0, 0.05) is 5.56 Å². The van der Waals surface area contributed by atoms with Crippen LogP contribution in [0.1, 0.15) is 12.5 Å². The predicted octanol–water partition coefficient (Wildman–Crippen LogP) is 5.05. The Morgan fingerprint density at radius 2 is 1.86 bits per heavy atom. The molecule has 0 fully saturated rings. The molecular formula is C21H18N4OS2. The quantitative estimate of drug-likeness (QED) is 0.454. The third kappa shape index (κ3) is 4.37. The summed E-state index contributed by atoms with van der Waals surface area (Å²) in [6.45, 7) is 2.13. The summed E-state index contributed by atoms with van der Waals surface area (Å²) in [7, 11) is 0. The van der Waals surface area contributed by atoms with E-state index in [-0.39, 0.29) is 11.7 Å². The lowest BCUT2D eigenvalue weighted by Gasteiger charge is -2.04. The van der Waals surface area contributed by atoms with E-state index in [9.17, 15) is 4.79 Å². The zero-order valence-electron chi connectivity index (χ0n) is 15.3. The molecule has 0 bridgehead atoms. The van der Waals surface area contributed by atoms with Gasteiger partial charge in [0.25, 0.3) is 0 Å². The lowest BCUT2D eigenvalue weighted by atomic mass is 10.1. The minimum absolute atomic E-state index is 0.106. The van der Waals surface area contributed by atoms with Gasteiger partial charge < -0.3 is 5.32 Å². The first-order valence-electron chi connectivity index (χ1n) is 8.92. The highest BCUT2D eigenvalue weighted by molar-refractivity contribution is 7.99. The van der Waals surface area contributed by atoms with Crippen LogP contribution in [0.4, 0.5) is 5.13 Å². The fourth-order valence-corrected chi connectivity index (χ4v) is 4.18. The molecule has 0 unspecified atom stereocenters. The normalized spacial score (nSPS) is 10.9. The Hall–Kier alpha value is -2.77. The van der Waals surface area contributed by atoms with Crippen molar-refractivity contribution in [3.63, 3.8) is 0 Å². The van der Waals surface area contributed by atoms with E-state index in [1.165, 1.54) is 28.7 Å². The van der Waals surface area contributed by atoms with E-state index in [4.69, 9.17) is 0 Å². The van der Waals surface area contributed by atoms with E-state index in [0.717, 1.165) is 27.9 Å². The lowest BCUT2D eigenvalue weighted by Crippen LogP contribution is -2.13. The molecule has 4 rings (SSSR count). The second-order valence-electron chi connectivity index (χ2n) is 6.13. The summed E-state index contributed by atoms with van der Waals surface area (Å²) < 4.78 is 1.05. The highest BCUT2D eigenvalue weighted by atomic mass is 32.2. The Labute approximate surface area is 171 Å². The first kappa shape index (κ1) is 18.6. The second-order valence-corrected chi connectivity index (χ2v) is 8.16. The fourth-order valence-electron chi connectivity index (χ4n) is 2.68. The third-order valence-corrected chi connectivity index (χ3v) is 6.06. The molecule has 140 valence electrons. The van der Waals surface area contributed by atoms with Crippen LogP contribution in [0.25, 0.3) is 21.5 Å². The summed E-state index contributed by atoms with van der Waals surface area (Å²) >= 11 is 2.82. The summed E-state index contributed by atoms with van der Waals surface area (Å²) in [6, 6.07) is 20.0. The van der Waals surface area contributed by atoms with Gasteiger partial charge in [0.05, 0.1) is 21.7 Å². The van der Waals surface area contributed by atoms with Crippen LogP contribution in [0, 0.1) is 0 Å². The number of thiazole rings is 1. The van der Waals surface area contributed by atoms with Gasteiger partial charge in [-0.25, -0.2) is 4.98 Å². The van der Waals surface area contributed by atoms with E-state index in [0.29, 0.717) is 10.2 Å². The van der Waals surface area contributed by atoms with E-state index < -0.39 is 0 Å². The van der Waals surface area contributed by atoms with E-state index >= 15 is 0 Å². The van der Waals surface area contributed by atoms with Crippen molar-refractivity contribution in [1.29, 1.82) is 0 Å². The number of para-hydroxylation sites is 1. The number of carbonyl (C=O) groups is 1. The molecule has 0 aliphatic carbocycles. The summed E-state index contributed by atoms with van der Waals surface area (Å²) in [5.41, 5.74) is 4.05. The fraction of sp³-hybridized carbons (Fsp3) is 0.143. The number of thioether (sulfide) groups is 1. The topological polar surface area (TPSA) is 67.8 Å². The molecule has 0 saturated heterocycles. The van der Waals surface area contributed by atoms with Crippen molar-refractivity contribution in [2.45, 2.75) is 18.4 Å². The van der Waals surface area contributed by atoms with Gasteiger partial charge in [-0.15, -0.1) is 10.2 Å². The average molecular weight is 407 g/mol. The average Bonchev–Trinajstić information content (AvgIpc) is 3.15. The number of anilines is 1. The van der Waals surface area contributed by atoms with Crippen LogP contribution in [-0.4, -0.2) is 26.8 Å². The van der Waals surface area contributed by atoms with Crippen LogP contribution < -0.4 is 5.32 Å². The minimum atomic E-state index is -0.106. The highest BCUT2D eigenvalue weighted by Crippen LogP contribution is 2.26. The molecule has 28 heavy (non-hydrogen) atoms. The maximum atomic E-state index is 12.2. The number of nitrogens with zero attached hydrogens (tertiary/aromatic N) is 3. The first-order valence-corrected chi connectivity index (χ1v) is 10.7. The zero-order chi connectivity index (χ0) is 19.3. The van der Waals surface area contributed by atoms with Crippen molar-refractivity contribution in [3.05, 3.63) is 66.2 Å². The molecule has 0 aliphatic rings. The van der Waals surface area contributed by atoms with Crippen LogP contribution in [0.3, 0.4) is 0 Å². The molecule has 2 heterocycles. The van der Waals surface area contributed by atoms with Gasteiger partial charge in [0.1, 0.15) is 5.03 Å². The lowest BCUT2D eigenvalue weighted by molar-refractivity contribution is -0.113. The van der Waals surface area contributed by atoms with Crippen LogP contribution >= 0.6 is 23.1 Å². The minimum Gasteiger partial charge on any atom is -0.301 e. The van der Waals surface area contributed by atoms with E-state index in [2.05, 4.69) is 51.7 Å². The Balaban J connectivity index is 1.34. The number of rotatable bonds is 6. The molecule has 4 aromatic rings. The number of hydrogen-bond donors (Lipinski definition) is 1. The molecule has 1 amide bonds. The van der Waals surface area contributed by atoms with Gasteiger partial charge in [0.2, 0.25) is 5.91 Å². The maximum Gasteiger partial charge on any atom is 0.236 e. The summed E-state index contributed by atoms with van der Waals surface area (Å²) in [4.78, 5) is 16.6. The predicted molar refractivity (Wildman–Crippen MR) is 116 cm³/mol. The van der Waals surface area contributed by atoms with Gasteiger partial charge in [-0.05, 0) is 36.2 Å². The highest BCUT2D eigenvalue weighted by Gasteiger charge is 2.09. The maximum absolute atomic E-state index is 12.2. The number of benzene rings is 2. The Morgan fingerprint density at radius 1 is 1.04 bits per heavy atom. The number of carbonyl (C=O) groups excluding carboxylic acids is 1. The molecule has 5 nitrogen and oxygen atoms in total. The molecule has 0 atom stereocenters. The van der Waals surface area contributed by atoms with Crippen molar-refractivity contribution in [2.75, 3.05) is 11.1 Å². The van der Waals surface area contributed by atoms with Gasteiger partial charge in [-0.3, -0.25) is 4.79 Å². The largest absolute Gasteiger partial charge is 0.301 e. The number of hydrogen-bond acceptors (Lipinski definition) is 6. The number of aryl methyl sites for hydroxylation is 1. The summed E-state index contributed by atoms with van der Waals surface area (Å²) in [5, 5.41) is 12.7. The van der Waals surface area contributed by atoms with Crippen molar-refractivity contribution < 1.29 is 4.79 Å². The Bertz CT molecular complexity index is 1060. The van der Waals surface area contributed by atoms with E-state index in [1.807, 2.05) is 36.4 Å². The van der Waals surface area contributed by atoms with Crippen molar-refractivity contribution in [2.24, 2.45) is 0 Å². The van der Waals surface area contributed by atoms with Crippen LogP contribution in [0.2, 0.25) is 0 Å². The Morgan fingerprint density at radius 3 is 2.57 bits per heavy atom. The van der Waals surface area contributed by atoms with Crippen molar-refractivity contribution in [3.8, 4) is 11.3 Å². The summed E-state index contributed by atoms with van der Waals surface area (Å²) in [5.74, 6) is 0.153. The van der Waals surface area contributed by atoms with Gasteiger partial charge in [0.15, 0.2) is 5.13 Å². The molecular weight excluding hydrogens is 388 g/mol. The monoisotopic (exact) mass is 406 g/mol.